The zero-order chi connectivity index (χ0) is 27.3. The smallest absolute Gasteiger partial charge is 0.422 e. The van der Waals surface area contributed by atoms with Crippen LogP contribution in [0.1, 0.15) is 27.8 Å². The molecule has 0 spiro atoms. The van der Waals surface area contributed by atoms with E-state index in [2.05, 4.69) is 16.9 Å². The zero-order valence-corrected chi connectivity index (χ0v) is 20.7. The number of methoxy groups -OCH3 is 1. The lowest BCUT2D eigenvalue weighted by Crippen LogP contribution is -2.20. The van der Waals surface area contributed by atoms with Crippen molar-refractivity contribution in [3.63, 3.8) is 0 Å². The molecule has 0 bridgehead atoms. The van der Waals surface area contributed by atoms with Crippen molar-refractivity contribution >= 4 is 10.8 Å². The number of hydrogen-bond donors (Lipinski definition) is 0. The zero-order valence-electron chi connectivity index (χ0n) is 20.7. The third-order valence-corrected chi connectivity index (χ3v) is 6.26. The van der Waals surface area contributed by atoms with Gasteiger partial charge in [-0.15, -0.1) is 0 Å². The fourth-order valence-corrected chi connectivity index (χ4v) is 4.32. The van der Waals surface area contributed by atoms with Crippen molar-refractivity contribution in [2.75, 3.05) is 13.7 Å². The topological polar surface area (TPSA) is 18.5 Å². The van der Waals surface area contributed by atoms with Crippen LogP contribution in [0.3, 0.4) is 0 Å². The summed E-state index contributed by atoms with van der Waals surface area (Å²) in [5.74, 6) is -3.96. The predicted octanol–water partition coefficient (Wildman–Crippen LogP) is 7.92. The van der Waals surface area contributed by atoms with Gasteiger partial charge >= 0.3 is 6.18 Å². The Bertz CT molecular complexity index is 1370. The molecule has 0 fully saturated rings. The van der Waals surface area contributed by atoms with Crippen LogP contribution >= 0.6 is 0 Å². The number of halogens is 6. The molecule has 0 amide bonds. The van der Waals surface area contributed by atoms with E-state index in [0.29, 0.717) is 17.6 Å². The number of benzene rings is 4. The molecule has 38 heavy (non-hydrogen) atoms. The van der Waals surface area contributed by atoms with Gasteiger partial charge in [0.25, 0.3) is 0 Å². The Balaban J connectivity index is 1.41. The first-order valence-corrected chi connectivity index (χ1v) is 12.1. The van der Waals surface area contributed by atoms with E-state index in [1.54, 1.807) is 19.2 Å². The number of ether oxygens (including phenoxy) is 2. The minimum atomic E-state index is -4.72. The van der Waals surface area contributed by atoms with Gasteiger partial charge in [-0.25, -0.2) is 13.2 Å². The molecule has 0 atom stereocenters. The molecule has 4 aromatic rings. The van der Waals surface area contributed by atoms with Gasteiger partial charge in [-0.2, -0.15) is 13.2 Å². The fourth-order valence-electron chi connectivity index (χ4n) is 4.32. The predicted molar refractivity (Wildman–Crippen MR) is 134 cm³/mol. The van der Waals surface area contributed by atoms with Crippen LogP contribution in [-0.2, 0) is 37.0 Å². The average molecular weight is 533 g/mol. The third-order valence-electron chi connectivity index (χ3n) is 6.26. The Kier molecular flexibility index (Phi) is 8.62. The Morgan fingerprint density at radius 1 is 0.658 bits per heavy atom. The molecule has 0 aliphatic carbocycles. The highest BCUT2D eigenvalue weighted by atomic mass is 19.4. The number of fused-ring (bicyclic) bond motifs is 1. The average Bonchev–Trinajstić information content (AvgIpc) is 2.87. The molecule has 0 saturated heterocycles. The maximum atomic E-state index is 15.2. The summed E-state index contributed by atoms with van der Waals surface area (Å²) in [4.78, 5) is 0. The molecule has 0 saturated carbocycles. The van der Waals surface area contributed by atoms with Crippen molar-refractivity contribution in [3.05, 3.63) is 112 Å². The molecule has 0 aliphatic rings. The molecule has 8 heteroatoms. The second kappa shape index (κ2) is 11.9. The largest absolute Gasteiger partial charge is 0.478 e. The van der Waals surface area contributed by atoms with Crippen LogP contribution in [0.5, 0.6) is 5.75 Å². The number of alkyl halides is 3. The van der Waals surface area contributed by atoms with Crippen LogP contribution in [0, 0.1) is 17.5 Å². The summed E-state index contributed by atoms with van der Waals surface area (Å²) in [5, 5.41) is 1.20. The maximum absolute atomic E-state index is 15.2. The number of hydrogen-bond acceptors (Lipinski definition) is 2. The van der Waals surface area contributed by atoms with Crippen LogP contribution in [0.4, 0.5) is 26.3 Å². The first-order chi connectivity index (χ1) is 18.1. The Hall–Kier alpha value is -3.52. The molecule has 0 unspecified atom stereocenters. The Morgan fingerprint density at radius 2 is 1.26 bits per heavy atom. The van der Waals surface area contributed by atoms with E-state index in [1.807, 2.05) is 30.3 Å². The Morgan fingerprint density at radius 3 is 1.92 bits per heavy atom. The Labute approximate surface area is 216 Å². The van der Waals surface area contributed by atoms with Crippen molar-refractivity contribution < 1.29 is 35.8 Å². The molecular formula is C30H26F6O2. The summed E-state index contributed by atoms with van der Waals surface area (Å²) in [6.45, 7) is -1.23. The molecular weight excluding hydrogens is 506 g/mol. The van der Waals surface area contributed by atoms with E-state index in [4.69, 9.17) is 4.74 Å². The van der Waals surface area contributed by atoms with E-state index in [0.717, 1.165) is 41.5 Å². The summed E-state index contributed by atoms with van der Waals surface area (Å²) in [5.41, 5.74) is 3.93. The summed E-state index contributed by atoms with van der Waals surface area (Å²) in [6, 6.07) is 19.1. The molecule has 200 valence electrons. The van der Waals surface area contributed by atoms with E-state index in [-0.39, 0.29) is 18.4 Å². The fraction of sp³-hybridized carbons (Fsp3) is 0.267. The minimum absolute atomic E-state index is 0.0943. The molecule has 0 N–H and O–H groups in total. The first kappa shape index (κ1) is 27.5. The van der Waals surface area contributed by atoms with Crippen LogP contribution in [-0.4, -0.2) is 19.9 Å². The SMILES string of the molecule is COCc1ccc(CCc2ccc3c(F)c(CCc4cc(F)c(OCC(F)(F)F)c(F)c4)ccc3c2)cc1. The summed E-state index contributed by atoms with van der Waals surface area (Å²) < 4.78 is 89.8. The second-order valence-electron chi connectivity index (χ2n) is 9.14. The number of aryl methyl sites for hydroxylation is 4. The molecule has 2 nitrogen and oxygen atoms in total. The van der Waals surface area contributed by atoms with Gasteiger partial charge in [0.1, 0.15) is 5.82 Å². The van der Waals surface area contributed by atoms with Crippen molar-refractivity contribution in [2.24, 2.45) is 0 Å². The van der Waals surface area contributed by atoms with Gasteiger partial charge in [-0.05, 0) is 71.0 Å². The minimum Gasteiger partial charge on any atom is -0.478 e. The first-order valence-electron chi connectivity index (χ1n) is 12.1. The van der Waals surface area contributed by atoms with Crippen LogP contribution in [0.25, 0.3) is 10.8 Å². The highest BCUT2D eigenvalue weighted by molar-refractivity contribution is 5.84. The van der Waals surface area contributed by atoms with Gasteiger partial charge in [0, 0.05) is 12.5 Å². The van der Waals surface area contributed by atoms with E-state index in [9.17, 15) is 22.0 Å². The molecule has 0 radical (unpaired) electrons. The third kappa shape index (κ3) is 7.07. The highest BCUT2D eigenvalue weighted by Gasteiger charge is 2.30. The lowest BCUT2D eigenvalue weighted by Gasteiger charge is -2.12. The van der Waals surface area contributed by atoms with Gasteiger partial charge in [0.05, 0.1) is 6.61 Å². The molecule has 4 rings (SSSR count). The molecule has 0 aromatic heterocycles. The summed E-state index contributed by atoms with van der Waals surface area (Å²) in [6.07, 6.45) is -2.83. The lowest BCUT2D eigenvalue weighted by molar-refractivity contribution is -0.154. The maximum Gasteiger partial charge on any atom is 0.422 e. The molecule has 0 aliphatic heterocycles. The van der Waals surface area contributed by atoms with Gasteiger partial charge in [0.15, 0.2) is 24.0 Å². The monoisotopic (exact) mass is 532 g/mol. The van der Waals surface area contributed by atoms with Gasteiger partial charge in [0.2, 0.25) is 0 Å². The van der Waals surface area contributed by atoms with Crippen LogP contribution < -0.4 is 4.74 Å². The van der Waals surface area contributed by atoms with Gasteiger partial charge in [-0.3, -0.25) is 0 Å². The standard InChI is InChI=1S/C30H26F6O2/c1-37-17-21-6-3-19(4-7-21)2-5-20-9-13-25-24(14-20)12-11-23(28(25)33)10-8-22-15-26(31)29(27(32)16-22)38-18-30(34,35)36/h3-4,6-7,9,11-16H,2,5,8,10,17-18H2,1H3. The van der Waals surface area contributed by atoms with E-state index in [1.165, 1.54) is 5.56 Å². The summed E-state index contributed by atoms with van der Waals surface area (Å²) in [7, 11) is 1.66. The van der Waals surface area contributed by atoms with E-state index < -0.39 is 36.0 Å². The van der Waals surface area contributed by atoms with Crippen molar-refractivity contribution in [3.8, 4) is 5.75 Å². The van der Waals surface area contributed by atoms with Gasteiger partial charge in [-0.1, -0.05) is 54.6 Å². The van der Waals surface area contributed by atoms with Crippen molar-refractivity contribution in [2.45, 2.75) is 38.5 Å². The quantitative estimate of drug-likeness (QED) is 0.193. The van der Waals surface area contributed by atoms with Crippen LogP contribution in [0.2, 0.25) is 0 Å². The molecule has 0 heterocycles. The van der Waals surface area contributed by atoms with Crippen molar-refractivity contribution in [1.82, 2.24) is 0 Å². The highest BCUT2D eigenvalue weighted by Crippen LogP contribution is 2.28. The van der Waals surface area contributed by atoms with Crippen molar-refractivity contribution in [1.29, 1.82) is 0 Å². The second-order valence-corrected chi connectivity index (χ2v) is 9.14. The molecule has 4 aromatic carbocycles. The van der Waals surface area contributed by atoms with Gasteiger partial charge < -0.3 is 9.47 Å². The lowest BCUT2D eigenvalue weighted by atomic mass is 9.97. The normalized spacial score (nSPS) is 11.8. The van der Waals surface area contributed by atoms with Crippen LogP contribution in [0.15, 0.2) is 66.7 Å². The summed E-state index contributed by atoms with van der Waals surface area (Å²) >= 11 is 0. The van der Waals surface area contributed by atoms with E-state index >= 15 is 4.39 Å². The number of rotatable bonds is 10.